The molecule has 3 aromatic rings. The van der Waals surface area contributed by atoms with Crippen molar-refractivity contribution in [1.29, 1.82) is 0 Å². The van der Waals surface area contributed by atoms with E-state index in [2.05, 4.69) is 28.8 Å². The minimum Gasteiger partial charge on any atom is -0.494 e. The third-order valence-corrected chi connectivity index (χ3v) is 5.43. The van der Waals surface area contributed by atoms with Gasteiger partial charge in [-0.1, -0.05) is 23.7 Å². The van der Waals surface area contributed by atoms with E-state index in [-0.39, 0.29) is 0 Å². The molecule has 0 atom stereocenters. The van der Waals surface area contributed by atoms with Crippen LogP contribution >= 0.6 is 11.6 Å². The van der Waals surface area contributed by atoms with Gasteiger partial charge in [-0.15, -0.1) is 0 Å². The number of ether oxygens (including phenoxy) is 1. The zero-order chi connectivity index (χ0) is 17.4. The Morgan fingerprint density at radius 3 is 2.60 bits per heavy atom. The zero-order valence-corrected chi connectivity index (χ0v) is 15.5. The van der Waals surface area contributed by atoms with E-state index in [1.807, 2.05) is 26.0 Å². The van der Waals surface area contributed by atoms with Gasteiger partial charge in [0.2, 0.25) is 0 Å². The van der Waals surface area contributed by atoms with E-state index in [9.17, 15) is 0 Å². The Hall–Kier alpha value is -2.00. The average Bonchev–Trinajstić information content (AvgIpc) is 3.38. The number of para-hydroxylation sites is 2. The first-order chi connectivity index (χ1) is 12.1. The molecule has 130 valence electrons. The molecule has 3 nitrogen and oxygen atoms in total. The van der Waals surface area contributed by atoms with Crippen molar-refractivity contribution in [2.45, 2.75) is 45.6 Å². The zero-order valence-electron chi connectivity index (χ0n) is 14.8. The maximum absolute atomic E-state index is 6.22. The lowest BCUT2D eigenvalue weighted by Gasteiger charge is -2.12. The molecule has 4 heteroatoms. The molecule has 0 N–H and O–H groups in total. The predicted octanol–water partition coefficient (Wildman–Crippen LogP) is 5.65. The van der Waals surface area contributed by atoms with Gasteiger partial charge in [0.1, 0.15) is 11.6 Å². The molecule has 1 aliphatic rings. The number of rotatable bonds is 6. The van der Waals surface area contributed by atoms with Gasteiger partial charge >= 0.3 is 0 Å². The summed E-state index contributed by atoms with van der Waals surface area (Å²) in [6.07, 6.45) is 3.49. The first-order valence-electron chi connectivity index (χ1n) is 8.98. The van der Waals surface area contributed by atoms with Crippen LogP contribution in [-0.2, 0) is 6.54 Å². The minimum atomic E-state index is 0.648. The molecular weight excluding hydrogens is 332 g/mol. The molecule has 0 radical (unpaired) electrons. The minimum absolute atomic E-state index is 0.648. The summed E-state index contributed by atoms with van der Waals surface area (Å²) in [5.74, 6) is 2.80. The van der Waals surface area contributed by atoms with Gasteiger partial charge in [-0.3, -0.25) is 0 Å². The van der Waals surface area contributed by atoms with Gasteiger partial charge in [0.25, 0.3) is 0 Å². The van der Waals surface area contributed by atoms with Gasteiger partial charge in [-0.25, -0.2) is 4.98 Å². The molecule has 0 spiro atoms. The number of fused-ring (bicyclic) bond motifs is 1. The molecule has 0 bridgehead atoms. The molecule has 1 aromatic heterocycles. The monoisotopic (exact) mass is 354 g/mol. The van der Waals surface area contributed by atoms with E-state index in [1.54, 1.807) is 0 Å². The fourth-order valence-electron chi connectivity index (χ4n) is 3.38. The molecule has 1 aliphatic carbocycles. The van der Waals surface area contributed by atoms with E-state index in [0.717, 1.165) is 40.4 Å². The predicted molar refractivity (Wildman–Crippen MR) is 103 cm³/mol. The lowest BCUT2D eigenvalue weighted by atomic mass is 10.1. The SMILES string of the molecule is Cc1cc(OCCCn2c(C3CC3)nc3ccccc32)cc(C)c1Cl. The summed E-state index contributed by atoms with van der Waals surface area (Å²) in [5, 5.41) is 0.825. The maximum Gasteiger partial charge on any atom is 0.119 e. The van der Waals surface area contributed by atoms with Crippen LogP contribution in [0.15, 0.2) is 36.4 Å². The van der Waals surface area contributed by atoms with Gasteiger partial charge in [-0.2, -0.15) is 0 Å². The Morgan fingerprint density at radius 1 is 1.16 bits per heavy atom. The van der Waals surface area contributed by atoms with Crippen molar-refractivity contribution in [3.05, 3.63) is 58.4 Å². The first-order valence-corrected chi connectivity index (χ1v) is 9.36. The standard InChI is InChI=1S/C21H23ClN2O/c1-14-12-17(13-15(2)20(14)22)25-11-5-10-24-19-7-4-3-6-18(19)23-21(24)16-8-9-16/h3-4,6-7,12-13,16H,5,8-11H2,1-2H3. The summed E-state index contributed by atoms with van der Waals surface area (Å²) in [7, 11) is 0. The fourth-order valence-corrected chi connectivity index (χ4v) is 3.49. The second-order valence-electron chi connectivity index (χ2n) is 6.96. The van der Waals surface area contributed by atoms with E-state index in [0.29, 0.717) is 12.5 Å². The molecule has 0 unspecified atom stereocenters. The molecule has 1 heterocycles. The number of imidazole rings is 1. The second kappa shape index (κ2) is 6.72. The van der Waals surface area contributed by atoms with Crippen molar-refractivity contribution >= 4 is 22.6 Å². The van der Waals surface area contributed by atoms with Gasteiger partial charge in [-0.05, 0) is 68.5 Å². The number of benzene rings is 2. The van der Waals surface area contributed by atoms with Crippen LogP contribution < -0.4 is 4.74 Å². The molecule has 0 aliphatic heterocycles. The van der Waals surface area contributed by atoms with Crippen LogP contribution in [0.2, 0.25) is 5.02 Å². The molecule has 0 amide bonds. The fraction of sp³-hybridized carbons (Fsp3) is 0.381. The third kappa shape index (κ3) is 3.38. The van der Waals surface area contributed by atoms with Crippen molar-refractivity contribution in [2.75, 3.05) is 6.61 Å². The van der Waals surface area contributed by atoms with E-state index < -0.39 is 0 Å². The number of aromatic nitrogens is 2. The van der Waals surface area contributed by atoms with Crippen LogP contribution in [-0.4, -0.2) is 16.2 Å². The molecule has 25 heavy (non-hydrogen) atoms. The van der Waals surface area contributed by atoms with Crippen LogP contribution in [0.4, 0.5) is 0 Å². The molecule has 4 rings (SSSR count). The van der Waals surface area contributed by atoms with E-state index >= 15 is 0 Å². The normalized spacial score (nSPS) is 14.2. The summed E-state index contributed by atoms with van der Waals surface area (Å²) in [5.41, 5.74) is 4.47. The van der Waals surface area contributed by atoms with Crippen LogP contribution in [0.3, 0.4) is 0 Å². The summed E-state index contributed by atoms with van der Waals surface area (Å²) in [6, 6.07) is 12.4. The summed E-state index contributed by atoms with van der Waals surface area (Å²) in [4.78, 5) is 4.85. The van der Waals surface area contributed by atoms with E-state index in [1.165, 1.54) is 24.2 Å². The van der Waals surface area contributed by atoms with Crippen LogP contribution in [0.5, 0.6) is 5.75 Å². The van der Waals surface area contributed by atoms with Gasteiger partial charge in [0.05, 0.1) is 17.6 Å². The van der Waals surface area contributed by atoms with Gasteiger partial charge in [0.15, 0.2) is 0 Å². The Bertz CT molecular complexity index is 888. The Balaban J connectivity index is 1.44. The van der Waals surface area contributed by atoms with Crippen LogP contribution in [0, 0.1) is 13.8 Å². The quantitative estimate of drug-likeness (QED) is 0.534. The van der Waals surface area contributed by atoms with Crippen molar-refractivity contribution in [2.24, 2.45) is 0 Å². The van der Waals surface area contributed by atoms with Gasteiger partial charge < -0.3 is 9.30 Å². The Morgan fingerprint density at radius 2 is 1.88 bits per heavy atom. The topological polar surface area (TPSA) is 27.1 Å². The number of halogens is 1. The lowest BCUT2D eigenvalue weighted by molar-refractivity contribution is 0.301. The lowest BCUT2D eigenvalue weighted by Crippen LogP contribution is -2.07. The summed E-state index contributed by atoms with van der Waals surface area (Å²) >= 11 is 6.22. The highest BCUT2D eigenvalue weighted by molar-refractivity contribution is 6.32. The highest BCUT2D eigenvalue weighted by Gasteiger charge is 2.29. The third-order valence-electron chi connectivity index (χ3n) is 4.83. The first kappa shape index (κ1) is 16.5. The largest absolute Gasteiger partial charge is 0.494 e. The van der Waals surface area contributed by atoms with Crippen LogP contribution in [0.25, 0.3) is 11.0 Å². The van der Waals surface area contributed by atoms with E-state index in [4.69, 9.17) is 21.3 Å². The van der Waals surface area contributed by atoms with Crippen molar-refractivity contribution in [3.8, 4) is 5.75 Å². The number of nitrogens with zero attached hydrogens (tertiary/aromatic N) is 2. The van der Waals surface area contributed by atoms with Gasteiger partial charge in [0, 0.05) is 17.5 Å². The Kier molecular flexibility index (Phi) is 4.43. The number of aryl methyl sites for hydroxylation is 3. The average molecular weight is 355 g/mol. The smallest absolute Gasteiger partial charge is 0.119 e. The van der Waals surface area contributed by atoms with Crippen LogP contribution in [0.1, 0.15) is 42.1 Å². The molecule has 2 aromatic carbocycles. The maximum atomic E-state index is 6.22. The number of hydrogen-bond donors (Lipinski definition) is 0. The molecular formula is C21H23ClN2O. The number of hydrogen-bond acceptors (Lipinski definition) is 2. The highest BCUT2D eigenvalue weighted by atomic mass is 35.5. The van der Waals surface area contributed by atoms with Crippen molar-refractivity contribution < 1.29 is 4.74 Å². The molecule has 1 saturated carbocycles. The summed E-state index contributed by atoms with van der Waals surface area (Å²) in [6.45, 7) is 5.67. The second-order valence-corrected chi connectivity index (χ2v) is 7.34. The molecule has 1 fully saturated rings. The van der Waals surface area contributed by atoms with Crippen molar-refractivity contribution in [1.82, 2.24) is 9.55 Å². The highest BCUT2D eigenvalue weighted by Crippen LogP contribution is 2.40. The Labute approximate surface area is 153 Å². The van der Waals surface area contributed by atoms with Crippen molar-refractivity contribution in [3.63, 3.8) is 0 Å². The molecule has 0 saturated heterocycles. The summed E-state index contributed by atoms with van der Waals surface area (Å²) < 4.78 is 8.34.